The SMILES string of the molecule is CC(=O)N(/N=C/c1ccccc1)c1cc(Cl)c(Cc2ccc(Cl)nc2)c(Cl)c1. The molecule has 3 aromatic rings. The van der Waals surface area contributed by atoms with E-state index in [9.17, 15) is 4.79 Å². The highest BCUT2D eigenvalue weighted by Crippen LogP contribution is 2.33. The van der Waals surface area contributed by atoms with E-state index in [-0.39, 0.29) is 5.91 Å². The lowest BCUT2D eigenvalue weighted by Crippen LogP contribution is -2.22. The number of benzene rings is 2. The summed E-state index contributed by atoms with van der Waals surface area (Å²) in [5, 5.41) is 6.86. The van der Waals surface area contributed by atoms with Crippen LogP contribution in [0.1, 0.15) is 23.6 Å². The highest BCUT2D eigenvalue weighted by molar-refractivity contribution is 6.36. The van der Waals surface area contributed by atoms with Crippen LogP contribution in [0, 0.1) is 0 Å². The lowest BCUT2D eigenvalue weighted by molar-refractivity contribution is -0.116. The maximum absolute atomic E-state index is 12.1. The molecule has 0 aliphatic heterocycles. The number of hydrogen-bond donors (Lipinski definition) is 0. The molecule has 0 unspecified atom stereocenters. The molecule has 28 heavy (non-hydrogen) atoms. The van der Waals surface area contributed by atoms with Crippen LogP contribution in [-0.4, -0.2) is 17.1 Å². The molecule has 0 bridgehead atoms. The average molecular weight is 433 g/mol. The zero-order valence-electron chi connectivity index (χ0n) is 14.9. The number of carbonyl (C=O) groups is 1. The van der Waals surface area contributed by atoms with Gasteiger partial charge < -0.3 is 0 Å². The van der Waals surface area contributed by atoms with E-state index in [2.05, 4.69) is 10.1 Å². The van der Waals surface area contributed by atoms with Gasteiger partial charge in [-0.1, -0.05) is 71.2 Å². The van der Waals surface area contributed by atoms with Crippen LogP contribution < -0.4 is 5.01 Å². The van der Waals surface area contributed by atoms with Crippen LogP contribution in [-0.2, 0) is 11.2 Å². The third-order valence-corrected chi connectivity index (χ3v) is 4.86. The van der Waals surface area contributed by atoms with Gasteiger partial charge in [0.15, 0.2) is 0 Å². The van der Waals surface area contributed by atoms with Gasteiger partial charge in [-0.2, -0.15) is 5.10 Å². The zero-order valence-corrected chi connectivity index (χ0v) is 17.2. The monoisotopic (exact) mass is 431 g/mol. The Kier molecular flexibility index (Phi) is 6.68. The molecule has 0 fully saturated rings. The Morgan fingerprint density at radius 3 is 2.32 bits per heavy atom. The van der Waals surface area contributed by atoms with Crippen LogP contribution in [0.15, 0.2) is 65.9 Å². The van der Waals surface area contributed by atoms with E-state index in [0.29, 0.717) is 27.3 Å². The van der Waals surface area contributed by atoms with Crippen LogP contribution >= 0.6 is 34.8 Å². The van der Waals surface area contributed by atoms with Gasteiger partial charge in [0.1, 0.15) is 5.15 Å². The minimum atomic E-state index is -0.256. The Balaban J connectivity index is 1.89. The van der Waals surface area contributed by atoms with E-state index in [1.807, 2.05) is 36.4 Å². The first-order valence-electron chi connectivity index (χ1n) is 8.42. The van der Waals surface area contributed by atoms with Crippen molar-refractivity contribution in [3.05, 3.63) is 92.7 Å². The summed E-state index contributed by atoms with van der Waals surface area (Å²) >= 11 is 18.7. The van der Waals surface area contributed by atoms with Crippen LogP contribution in [0.2, 0.25) is 15.2 Å². The molecule has 7 heteroatoms. The molecule has 4 nitrogen and oxygen atoms in total. The summed E-state index contributed by atoms with van der Waals surface area (Å²) in [5.74, 6) is -0.256. The number of aromatic nitrogens is 1. The number of halogens is 3. The van der Waals surface area contributed by atoms with Gasteiger partial charge in [0, 0.05) is 29.6 Å². The quantitative estimate of drug-likeness (QED) is 0.281. The van der Waals surface area contributed by atoms with Crippen molar-refractivity contribution in [2.45, 2.75) is 13.3 Å². The summed E-state index contributed by atoms with van der Waals surface area (Å²) in [6, 6.07) is 16.4. The van der Waals surface area contributed by atoms with Gasteiger partial charge >= 0.3 is 0 Å². The molecule has 0 atom stereocenters. The van der Waals surface area contributed by atoms with Crippen LogP contribution in [0.5, 0.6) is 0 Å². The Bertz CT molecular complexity index is 982. The van der Waals surface area contributed by atoms with Gasteiger partial charge in [0.25, 0.3) is 0 Å². The topological polar surface area (TPSA) is 45.6 Å². The number of rotatable bonds is 5. The summed E-state index contributed by atoms with van der Waals surface area (Å²) in [5.41, 5.74) is 3.03. The van der Waals surface area contributed by atoms with Gasteiger partial charge in [-0.3, -0.25) is 4.79 Å². The van der Waals surface area contributed by atoms with Gasteiger partial charge in [-0.25, -0.2) is 9.99 Å². The molecule has 0 N–H and O–H groups in total. The fourth-order valence-electron chi connectivity index (χ4n) is 2.59. The maximum Gasteiger partial charge on any atom is 0.244 e. The second-order valence-electron chi connectivity index (χ2n) is 6.04. The number of anilines is 1. The second-order valence-corrected chi connectivity index (χ2v) is 7.24. The van der Waals surface area contributed by atoms with Crippen LogP contribution in [0.25, 0.3) is 0 Å². The van der Waals surface area contributed by atoms with Gasteiger partial charge in [-0.05, 0) is 34.9 Å². The minimum Gasteiger partial charge on any atom is -0.273 e. The molecule has 0 spiro atoms. The molecule has 0 saturated carbocycles. The summed E-state index contributed by atoms with van der Waals surface area (Å²) in [4.78, 5) is 16.2. The van der Waals surface area contributed by atoms with Gasteiger partial charge in [0.2, 0.25) is 5.91 Å². The lowest BCUT2D eigenvalue weighted by atomic mass is 10.1. The molecular weight excluding hydrogens is 417 g/mol. The van der Waals surface area contributed by atoms with Crippen molar-refractivity contribution in [1.29, 1.82) is 0 Å². The standard InChI is InChI=1S/C21H16Cl3N3O/c1-14(28)27(26-13-15-5-3-2-4-6-15)17-10-19(22)18(20(23)11-17)9-16-7-8-21(24)25-12-16/h2-8,10-13H,9H2,1H3/b26-13+. The number of carbonyl (C=O) groups excluding carboxylic acids is 1. The average Bonchev–Trinajstić information content (AvgIpc) is 2.67. The van der Waals surface area contributed by atoms with E-state index in [0.717, 1.165) is 16.7 Å². The Hall–Kier alpha value is -2.40. The third-order valence-electron chi connectivity index (χ3n) is 3.96. The predicted molar refractivity (Wildman–Crippen MR) is 116 cm³/mol. The first kappa shape index (κ1) is 20.3. The fraction of sp³-hybridized carbons (Fsp3) is 0.0952. The number of amides is 1. The fourth-order valence-corrected chi connectivity index (χ4v) is 3.31. The Morgan fingerprint density at radius 1 is 1.07 bits per heavy atom. The summed E-state index contributed by atoms with van der Waals surface area (Å²) in [6.07, 6.45) is 3.78. The first-order valence-corrected chi connectivity index (χ1v) is 9.55. The van der Waals surface area contributed by atoms with Crippen molar-refractivity contribution in [1.82, 2.24) is 4.98 Å². The van der Waals surface area contributed by atoms with E-state index >= 15 is 0 Å². The van der Waals surface area contributed by atoms with Crippen molar-refractivity contribution < 1.29 is 4.79 Å². The highest BCUT2D eigenvalue weighted by Gasteiger charge is 2.16. The summed E-state index contributed by atoms with van der Waals surface area (Å²) < 4.78 is 0. The van der Waals surface area contributed by atoms with Crippen molar-refractivity contribution >= 4 is 52.6 Å². The second kappa shape index (κ2) is 9.20. The van der Waals surface area contributed by atoms with Crippen molar-refractivity contribution in [3.8, 4) is 0 Å². The highest BCUT2D eigenvalue weighted by atomic mass is 35.5. The van der Waals surface area contributed by atoms with Gasteiger partial charge in [0.05, 0.1) is 11.9 Å². The lowest BCUT2D eigenvalue weighted by Gasteiger charge is -2.17. The van der Waals surface area contributed by atoms with Gasteiger partial charge in [-0.15, -0.1) is 0 Å². The molecule has 1 aromatic heterocycles. The number of hydrogen-bond acceptors (Lipinski definition) is 3. The number of pyridine rings is 1. The van der Waals surface area contributed by atoms with E-state index in [1.165, 1.54) is 11.9 Å². The van der Waals surface area contributed by atoms with E-state index in [1.54, 1.807) is 30.6 Å². The molecule has 0 saturated heterocycles. The molecule has 0 radical (unpaired) electrons. The molecule has 1 heterocycles. The zero-order chi connectivity index (χ0) is 20.1. The van der Waals surface area contributed by atoms with Crippen molar-refractivity contribution in [3.63, 3.8) is 0 Å². The Morgan fingerprint density at radius 2 is 1.75 bits per heavy atom. The smallest absolute Gasteiger partial charge is 0.244 e. The molecule has 0 aliphatic rings. The molecule has 0 aliphatic carbocycles. The Labute approximate surface area is 178 Å². The minimum absolute atomic E-state index is 0.256. The molecule has 142 valence electrons. The molecule has 1 amide bonds. The van der Waals surface area contributed by atoms with E-state index in [4.69, 9.17) is 34.8 Å². The number of nitrogens with zero attached hydrogens (tertiary/aromatic N) is 3. The van der Waals surface area contributed by atoms with Crippen molar-refractivity contribution in [2.75, 3.05) is 5.01 Å². The van der Waals surface area contributed by atoms with Crippen molar-refractivity contribution in [2.24, 2.45) is 5.10 Å². The number of hydrazone groups is 1. The third kappa shape index (κ3) is 5.10. The van der Waals surface area contributed by atoms with E-state index < -0.39 is 0 Å². The maximum atomic E-state index is 12.1. The predicted octanol–water partition coefficient (Wildman–Crippen LogP) is 6.02. The molecular formula is C21H16Cl3N3O. The summed E-state index contributed by atoms with van der Waals surface area (Å²) in [7, 11) is 0. The normalized spacial score (nSPS) is 11.0. The van der Waals surface area contributed by atoms with Crippen LogP contribution in [0.4, 0.5) is 5.69 Å². The van der Waals surface area contributed by atoms with Crippen LogP contribution in [0.3, 0.4) is 0 Å². The molecule has 3 rings (SSSR count). The summed E-state index contributed by atoms with van der Waals surface area (Å²) in [6.45, 7) is 1.43. The molecule has 2 aromatic carbocycles. The first-order chi connectivity index (χ1) is 13.4. The largest absolute Gasteiger partial charge is 0.273 e.